The summed E-state index contributed by atoms with van der Waals surface area (Å²) < 4.78 is 19.9. The van der Waals surface area contributed by atoms with E-state index < -0.39 is 34.8 Å². The van der Waals surface area contributed by atoms with Crippen LogP contribution in [0, 0.1) is 18.2 Å². The van der Waals surface area contributed by atoms with Crippen LogP contribution in [0.1, 0.15) is 42.9 Å². The zero-order valence-electron chi connectivity index (χ0n) is 24.3. The number of aliphatic imine (C=N–C) groups is 1. The first-order valence-electron chi connectivity index (χ1n) is 13.7. The molecule has 2 fully saturated rings. The number of carboxylic acids is 1. The fourth-order valence-corrected chi connectivity index (χ4v) is 6.55. The lowest BCUT2D eigenvalue weighted by molar-refractivity contribution is -0.147. The Hall–Kier alpha value is -3.84. The van der Waals surface area contributed by atoms with Crippen molar-refractivity contribution in [3.05, 3.63) is 63.0 Å². The SMILES string of the molecule is COC(=O)C1=C(CN2CCN3C(=O)N(CC(C)(C)C(=O)O)CC3(C)C2)NC(c2nccs2)=NC1c1cccc(F)c1C. The molecule has 0 bridgehead atoms. The molecule has 3 aliphatic rings. The smallest absolute Gasteiger partial charge is 0.338 e. The standard InChI is InChI=1S/C29H35FN6O5S/c1-17-18(7-6-8-19(17)30)22-21(25(37)41-5)20(32-23(33-22)24-31-9-12-42-24)13-34-10-11-36-27(40)35(16-29(36,4)15-34)14-28(2,3)26(38)39/h6-9,12,22H,10-11,13-16H2,1-5H3,(H,32,33)(H,38,39). The highest BCUT2D eigenvalue weighted by Crippen LogP contribution is 2.37. The Morgan fingerprint density at radius 1 is 1.29 bits per heavy atom. The molecule has 0 radical (unpaired) electrons. The average molecular weight is 599 g/mol. The minimum absolute atomic E-state index is 0.106. The number of amides is 2. The number of halogens is 1. The van der Waals surface area contributed by atoms with Gasteiger partial charge in [0.05, 0.1) is 23.6 Å². The summed E-state index contributed by atoms with van der Waals surface area (Å²) in [4.78, 5) is 53.1. The molecule has 1 aromatic heterocycles. The lowest BCUT2D eigenvalue weighted by atomic mass is 9.91. The Bertz CT molecular complexity index is 1470. The molecule has 1 aromatic carbocycles. The van der Waals surface area contributed by atoms with Gasteiger partial charge in [0.2, 0.25) is 0 Å². The number of hydrogen-bond donors (Lipinski definition) is 2. The molecule has 2 amide bonds. The van der Waals surface area contributed by atoms with Gasteiger partial charge in [-0.05, 0) is 44.9 Å². The van der Waals surface area contributed by atoms with Crippen LogP contribution in [0.3, 0.4) is 0 Å². The second-order valence-corrected chi connectivity index (χ2v) is 12.8. The van der Waals surface area contributed by atoms with Crippen LogP contribution < -0.4 is 5.32 Å². The van der Waals surface area contributed by atoms with Gasteiger partial charge >= 0.3 is 18.0 Å². The molecule has 4 heterocycles. The average Bonchev–Trinajstić information content (AvgIpc) is 3.55. The molecule has 224 valence electrons. The number of carbonyl (C=O) groups is 3. The number of rotatable bonds is 8. The number of fused-ring (bicyclic) bond motifs is 1. The van der Waals surface area contributed by atoms with Crippen molar-refractivity contribution in [2.45, 2.75) is 39.3 Å². The Balaban J connectivity index is 1.47. The minimum atomic E-state index is -1.08. The summed E-state index contributed by atoms with van der Waals surface area (Å²) in [6.07, 6.45) is 1.67. The second kappa shape index (κ2) is 11.1. The van der Waals surface area contributed by atoms with E-state index in [1.165, 1.54) is 24.5 Å². The maximum atomic E-state index is 14.7. The zero-order chi connectivity index (χ0) is 30.4. The first-order valence-corrected chi connectivity index (χ1v) is 14.6. The van der Waals surface area contributed by atoms with Gasteiger partial charge < -0.3 is 25.0 Å². The molecular weight excluding hydrogens is 563 g/mol. The van der Waals surface area contributed by atoms with Crippen LogP contribution in [0.4, 0.5) is 9.18 Å². The molecular formula is C29H35FN6O5S. The molecule has 2 unspecified atom stereocenters. The van der Waals surface area contributed by atoms with Crippen LogP contribution in [0.2, 0.25) is 0 Å². The second-order valence-electron chi connectivity index (χ2n) is 11.9. The predicted octanol–water partition coefficient (Wildman–Crippen LogP) is 3.03. The van der Waals surface area contributed by atoms with E-state index in [0.717, 1.165) is 0 Å². The number of urea groups is 1. The molecule has 2 aromatic rings. The number of amidine groups is 1. The third kappa shape index (κ3) is 5.38. The van der Waals surface area contributed by atoms with Crippen molar-refractivity contribution in [3.8, 4) is 0 Å². The molecule has 0 aliphatic carbocycles. The molecule has 5 rings (SSSR count). The highest BCUT2D eigenvalue weighted by atomic mass is 32.1. The van der Waals surface area contributed by atoms with Crippen molar-refractivity contribution in [2.24, 2.45) is 10.4 Å². The van der Waals surface area contributed by atoms with E-state index in [9.17, 15) is 23.9 Å². The number of thiazole rings is 1. The molecule has 2 N–H and O–H groups in total. The van der Waals surface area contributed by atoms with E-state index in [1.54, 1.807) is 44.0 Å². The number of esters is 1. The van der Waals surface area contributed by atoms with Crippen molar-refractivity contribution in [1.29, 1.82) is 0 Å². The number of aromatic nitrogens is 1. The maximum absolute atomic E-state index is 14.7. The summed E-state index contributed by atoms with van der Waals surface area (Å²) in [5.41, 5.74) is 0.158. The van der Waals surface area contributed by atoms with Gasteiger partial charge in [-0.15, -0.1) is 11.3 Å². The predicted molar refractivity (Wildman–Crippen MR) is 155 cm³/mol. The third-order valence-electron chi connectivity index (χ3n) is 8.21. The van der Waals surface area contributed by atoms with E-state index in [-0.39, 0.29) is 18.1 Å². The first kappa shape index (κ1) is 29.6. The number of aliphatic carboxylic acids is 1. The highest BCUT2D eigenvalue weighted by Gasteiger charge is 2.51. The van der Waals surface area contributed by atoms with Crippen LogP contribution in [-0.4, -0.2) is 101 Å². The maximum Gasteiger partial charge on any atom is 0.338 e. The van der Waals surface area contributed by atoms with E-state index >= 15 is 0 Å². The number of piperazine rings is 1. The van der Waals surface area contributed by atoms with Gasteiger partial charge in [0.1, 0.15) is 11.9 Å². The monoisotopic (exact) mass is 598 g/mol. The summed E-state index contributed by atoms with van der Waals surface area (Å²) in [6, 6.07) is 3.74. The van der Waals surface area contributed by atoms with Crippen molar-refractivity contribution >= 4 is 35.1 Å². The molecule has 42 heavy (non-hydrogen) atoms. The topological polar surface area (TPSA) is 128 Å². The quantitative estimate of drug-likeness (QED) is 0.444. The van der Waals surface area contributed by atoms with Crippen molar-refractivity contribution in [2.75, 3.05) is 46.4 Å². The molecule has 0 saturated carbocycles. The number of methoxy groups -OCH3 is 1. The Morgan fingerprint density at radius 3 is 2.71 bits per heavy atom. The summed E-state index contributed by atoms with van der Waals surface area (Å²) in [6.45, 7) is 9.16. The number of nitrogens with one attached hydrogen (secondary N) is 1. The Kier molecular flexibility index (Phi) is 7.84. The number of ether oxygens (including phenoxy) is 1. The van der Waals surface area contributed by atoms with Crippen molar-refractivity contribution in [1.82, 2.24) is 25.0 Å². The highest BCUT2D eigenvalue weighted by molar-refractivity contribution is 7.11. The van der Waals surface area contributed by atoms with Gasteiger partial charge in [0, 0.05) is 56.5 Å². The van der Waals surface area contributed by atoms with E-state index in [1.807, 2.05) is 17.2 Å². The lowest BCUT2D eigenvalue weighted by Crippen LogP contribution is -2.60. The number of nitrogens with zero attached hydrogens (tertiary/aromatic N) is 5. The van der Waals surface area contributed by atoms with Crippen molar-refractivity contribution < 1.29 is 28.6 Å². The van der Waals surface area contributed by atoms with Crippen LogP contribution in [0.15, 0.2) is 46.0 Å². The summed E-state index contributed by atoms with van der Waals surface area (Å²) in [5.74, 6) is -1.45. The van der Waals surface area contributed by atoms with Crippen LogP contribution in [0.5, 0.6) is 0 Å². The van der Waals surface area contributed by atoms with Gasteiger partial charge in [-0.25, -0.2) is 19.0 Å². The fourth-order valence-electron chi connectivity index (χ4n) is 5.96. The molecule has 2 atom stereocenters. The third-order valence-corrected chi connectivity index (χ3v) is 8.99. The van der Waals surface area contributed by atoms with Crippen LogP contribution >= 0.6 is 11.3 Å². The number of carboxylic acid groups (broad SMARTS) is 1. The van der Waals surface area contributed by atoms with Crippen LogP contribution in [0.25, 0.3) is 0 Å². The summed E-state index contributed by atoms with van der Waals surface area (Å²) >= 11 is 1.39. The zero-order valence-corrected chi connectivity index (χ0v) is 25.1. The van der Waals surface area contributed by atoms with E-state index in [2.05, 4.69) is 15.2 Å². The van der Waals surface area contributed by atoms with E-state index in [4.69, 9.17) is 9.73 Å². The number of hydrogen-bond acceptors (Lipinski definition) is 9. The largest absolute Gasteiger partial charge is 0.481 e. The van der Waals surface area contributed by atoms with Gasteiger partial charge in [-0.3, -0.25) is 14.7 Å². The molecule has 3 aliphatic heterocycles. The van der Waals surface area contributed by atoms with Gasteiger partial charge in [-0.1, -0.05) is 12.1 Å². The van der Waals surface area contributed by atoms with Gasteiger partial charge in [0.15, 0.2) is 10.8 Å². The normalized spacial score (nSPS) is 23.0. The van der Waals surface area contributed by atoms with Gasteiger partial charge in [-0.2, -0.15) is 0 Å². The first-order chi connectivity index (χ1) is 19.8. The lowest BCUT2D eigenvalue weighted by Gasteiger charge is -2.44. The molecule has 0 spiro atoms. The Labute approximate surface area is 247 Å². The summed E-state index contributed by atoms with van der Waals surface area (Å²) in [5, 5.41) is 15.4. The number of benzene rings is 1. The minimum Gasteiger partial charge on any atom is -0.481 e. The Morgan fingerprint density at radius 2 is 2.05 bits per heavy atom. The molecule has 13 heteroatoms. The molecule has 11 nitrogen and oxygen atoms in total. The summed E-state index contributed by atoms with van der Waals surface area (Å²) in [7, 11) is 1.31. The van der Waals surface area contributed by atoms with Crippen molar-refractivity contribution in [3.63, 3.8) is 0 Å². The van der Waals surface area contributed by atoms with Gasteiger partial charge in [0.25, 0.3) is 0 Å². The van der Waals surface area contributed by atoms with Crippen LogP contribution in [-0.2, 0) is 14.3 Å². The molecule has 2 saturated heterocycles. The fraction of sp³-hybridized carbons (Fsp3) is 0.483. The van der Waals surface area contributed by atoms with E-state index in [0.29, 0.717) is 60.4 Å². The number of carbonyl (C=O) groups excluding carboxylic acids is 2.